The number of hydrogen-bond acceptors (Lipinski definition) is 4. The Morgan fingerprint density at radius 1 is 1.37 bits per heavy atom. The number of amides is 1. The highest BCUT2D eigenvalue weighted by molar-refractivity contribution is 6.02. The number of nitrogens with one attached hydrogen (secondary N) is 1. The van der Waals surface area contributed by atoms with E-state index < -0.39 is 0 Å². The molecule has 100 valence electrons. The lowest BCUT2D eigenvalue weighted by Gasteiger charge is -2.05. The minimum Gasteiger partial charge on any atom is -0.300 e. The van der Waals surface area contributed by atoms with Crippen molar-refractivity contribution < 1.29 is 4.79 Å². The fraction of sp³-hybridized carbons (Fsp3) is 0.500. The summed E-state index contributed by atoms with van der Waals surface area (Å²) in [5.41, 5.74) is 1.32. The molecule has 0 spiro atoms. The Bertz CT molecular complexity index is 637. The first kappa shape index (κ1) is 11.9. The lowest BCUT2D eigenvalue weighted by Crippen LogP contribution is -2.18. The molecule has 1 aliphatic carbocycles. The molecular formula is C12H16N6O. The minimum atomic E-state index is -0.221. The zero-order valence-corrected chi connectivity index (χ0v) is 11.2. The number of rotatable bonds is 3. The molecule has 0 aromatic carbocycles. The smallest absolute Gasteiger partial charge is 0.276 e. The van der Waals surface area contributed by atoms with E-state index in [-0.39, 0.29) is 5.91 Å². The molecule has 19 heavy (non-hydrogen) atoms. The molecule has 0 atom stereocenters. The molecule has 1 saturated carbocycles. The van der Waals surface area contributed by atoms with Crippen LogP contribution >= 0.6 is 0 Å². The van der Waals surface area contributed by atoms with Gasteiger partial charge >= 0.3 is 0 Å². The van der Waals surface area contributed by atoms with Crippen LogP contribution in [0.15, 0.2) is 6.07 Å². The van der Waals surface area contributed by atoms with Crippen LogP contribution in [0.3, 0.4) is 0 Å². The van der Waals surface area contributed by atoms with Gasteiger partial charge in [-0.25, -0.2) is 0 Å². The number of nitrogens with zero attached hydrogens (tertiary/aromatic N) is 5. The fourth-order valence-corrected chi connectivity index (χ4v) is 2.14. The van der Waals surface area contributed by atoms with Crippen LogP contribution in [-0.2, 0) is 14.1 Å². The minimum absolute atomic E-state index is 0.221. The third kappa shape index (κ3) is 2.11. The summed E-state index contributed by atoms with van der Waals surface area (Å²) < 4.78 is 3.40. The van der Waals surface area contributed by atoms with E-state index in [1.165, 1.54) is 0 Å². The summed E-state index contributed by atoms with van der Waals surface area (Å²) in [6, 6.07) is 1.74. The molecule has 2 aromatic heterocycles. The van der Waals surface area contributed by atoms with Crippen molar-refractivity contribution in [1.82, 2.24) is 24.5 Å². The number of anilines is 1. The van der Waals surface area contributed by atoms with Crippen molar-refractivity contribution >= 4 is 11.9 Å². The van der Waals surface area contributed by atoms with E-state index in [1.54, 1.807) is 17.8 Å². The van der Waals surface area contributed by atoms with Crippen molar-refractivity contribution in [2.24, 2.45) is 14.1 Å². The second-order valence-electron chi connectivity index (χ2n) is 4.96. The van der Waals surface area contributed by atoms with Gasteiger partial charge in [-0.2, -0.15) is 5.10 Å². The number of aromatic nitrogens is 5. The van der Waals surface area contributed by atoms with Crippen LogP contribution in [0, 0.1) is 6.92 Å². The van der Waals surface area contributed by atoms with Crippen LogP contribution in [0.25, 0.3) is 0 Å². The molecule has 0 radical (unpaired) electrons. The number of carbonyl (C=O) groups is 1. The number of hydrogen-bond donors (Lipinski definition) is 1. The Kier molecular flexibility index (Phi) is 2.62. The Morgan fingerprint density at radius 2 is 2.11 bits per heavy atom. The quantitative estimate of drug-likeness (QED) is 0.892. The maximum atomic E-state index is 12.1. The van der Waals surface area contributed by atoms with E-state index in [0.717, 1.165) is 24.4 Å². The van der Waals surface area contributed by atoms with Gasteiger partial charge in [-0.3, -0.25) is 19.4 Å². The largest absolute Gasteiger partial charge is 0.300 e. The Hall–Kier alpha value is -2.18. The molecule has 0 aliphatic heterocycles. The molecule has 2 aromatic rings. The molecule has 7 nitrogen and oxygen atoms in total. The highest BCUT2D eigenvalue weighted by Crippen LogP contribution is 2.39. The van der Waals surface area contributed by atoms with Gasteiger partial charge in [0.1, 0.15) is 11.5 Å². The van der Waals surface area contributed by atoms with Crippen molar-refractivity contribution in [3.63, 3.8) is 0 Å². The second kappa shape index (κ2) is 4.18. The maximum absolute atomic E-state index is 12.1. The van der Waals surface area contributed by atoms with E-state index in [2.05, 4.69) is 20.6 Å². The molecular weight excluding hydrogens is 244 g/mol. The average molecular weight is 260 g/mol. The highest BCUT2D eigenvalue weighted by atomic mass is 16.2. The van der Waals surface area contributed by atoms with Crippen molar-refractivity contribution in [2.75, 3.05) is 5.32 Å². The summed E-state index contributed by atoms with van der Waals surface area (Å²) in [6.07, 6.45) is 2.31. The van der Waals surface area contributed by atoms with Crippen molar-refractivity contribution in [3.05, 3.63) is 23.3 Å². The predicted octanol–water partition coefficient (Wildman–Crippen LogP) is 0.987. The van der Waals surface area contributed by atoms with E-state index in [1.807, 2.05) is 18.5 Å². The zero-order valence-electron chi connectivity index (χ0n) is 11.2. The number of aryl methyl sites for hydroxylation is 2. The second-order valence-corrected chi connectivity index (χ2v) is 4.96. The topological polar surface area (TPSA) is 77.6 Å². The third-order valence-corrected chi connectivity index (χ3v) is 3.31. The predicted molar refractivity (Wildman–Crippen MR) is 68.9 cm³/mol. The summed E-state index contributed by atoms with van der Waals surface area (Å²) in [6.45, 7) is 1.85. The van der Waals surface area contributed by atoms with Crippen molar-refractivity contribution in [2.45, 2.75) is 25.7 Å². The average Bonchev–Trinajstić information content (AvgIpc) is 3.05. The molecule has 0 unspecified atom stereocenters. The van der Waals surface area contributed by atoms with Crippen molar-refractivity contribution in [1.29, 1.82) is 0 Å². The van der Waals surface area contributed by atoms with Gasteiger partial charge in [0.25, 0.3) is 5.91 Å². The first-order chi connectivity index (χ1) is 9.06. The summed E-state index contributed by atoms with van der Waals surface area (Å²) in [5.74, 6) is 1.70. The summed E-state index contributed by atoms with van der Waals surface area (Å²) in [5, 5.41) is 15.1. The lowest BCUT2D eigenvalue weighted by molar-refractivity contribution is 0.101. The molecule has 0 bridgehead atoms. The van der Waals surface area contributed by atoms with Crippen molar-refractivity contribution in [3.8, 4) is 0 Å². The molecule has 1 fully saturated rings. The normalized spacial score (nSPS) is 14.7. The SMILES string of the molecule is Cc1cc(C(=O)Nc2nnc(C3CC3)n2C)n(C)n1. The zero-order chi connectivity index (χ0) is 13.6. The van der Waals surface area contributed by atoms with Gasteiger partial charge in [-0.05, 0) is 25.8 Å². The van der Waals surface area contributed by atoms with E-state index in [4.69, 9.17) is 0 Å². The first-order valence-corrected chi connectivity index (χ1v) is 6.27. The molecule has 1 amide bonds. The summed E-state index contributed by atoms with van der Waals surface area (Å²) >= 11 is 0. The molecule has 1 aliphatic rings. The third-order valence-electron chi connectivity index (χ3n) is 3.31. The highest BCUT2D eigenvalue weighted by Gasteiger charge is 2.29. The van der Waals surface area contributed by atoms with E-state index in [0.29, 0.717) is 17.6 Å². The van der Waals surface area contributed by atoms with E-state index >= 15 is 0 Å². The maximum Gasteiger partial charge on any atom is 0.276 e. The van der Waals surface area contributed by atoms with Gasteiger partial charge in [0.15, 0.2) is 0 Å². The molecule has 1 N–H and O–H groups in total. The van der Waals surface area contributed by atoms with Crippen LogP contribution in [0.4, 0.5) is 5.95 Å². The fourth-order valence-electron chi connectivity index (χ4n) is 2.14. The van der Waals surface area contributed by atoms with E-state index in [9.17, 15) is 4.79 Å². The Morgan fingerprint density at radius 3 is 2.68 bits per heavy atom. The van der Waals surface area contributed by atoms with Gasteiger partial charge in [0.05, 0.1) is 5.69 Å². The van der Waals surface area contributed by atoms with Gasteiger partial charge in [0.2, 0.25) is 5.95 Å². The first-order valence-electron chi connectivity index (χ1n) is 6.27. The van der Waals surface area contributed by atoms with Gasteiger partial charge in [-0.1, -0.05) is 0 Å². The molecule has 7 heteroatoms. The lowest BCUT2D eigenvalue weighted by atomic mass is 10.3. The van der Waals surface area contributed by atoms with Gasteiger partial charge < -0.3 is 0 Å². The van der Waals surface area contributed by atoms with Crippen LogP contribution in [0.5, 0.6) is 0 Å². The molecule has 2 heterocycles. The Labute approximate surface area is 110 Å². The van der Waals surface area contributed by atoms with Crippen LogP contribution in [-0.4, -0.2) is 30.5 Å². The monoisotopic (exact) mass is 260 g/mol. The van der Waals surface area contributed by atoms with Gasteiger partial charge in [0, 0.05) is 20.0 Å². The molecule has 3 rings (SSSR count). The summed E-state index contributed by atoms with van der Waals surface area (Å²) in [4.78, 5) is 12.1. The molecule has 0 saturated heterocycles. The number of carbonyl (C=O) groups excluding carboxylic acids is 1. The summed E-state index contributed by atoms with van der Waals surface area (Å²) in [7, 11) is 3.62. The van der Waals surface area contributed by atoms with Crippen LogP contribution in [0.1, 0.15) is 40.8 Å². The standard InChI is InChI=1S/C12H16N6O/c1-7-6-9(18(3)16-7)11(19)13-12-15-14-10(17(12)2)8-4-5-8/h6,8H,4-5H2,1-3H3,(H,13,15,19). The van der Waals surface area contributed by atoms with Crippen LogP contribution in [0.2, 0.25) is 0 Å². The Balaban J connectivity index is 1.81. The van der Waals surface area contributed by atoms with Gasteiger partial charge in [-0.15, -0.1) is 10.2 Å². The van der Waals surface area contributed by atoms with Crippen LogP contribution < -0.4 is 5.32 Å².